The highest BCUT2D eigenvalue weighted by molar-refractivity contribution is 5.80. The third kappa shape index (κ3) is 2.28. The number of likely N-dealkylation sites (tertiary alicyclic amines) is 1. The van der Waals surface area contributed by atoms with E-state index in [0.29, 0.717) is 23.8 Å². The lowest BCUT2D eigenvalue weighted by atomic mass is 9.94. The summed E-state index contributed by atoms with van der Waals surface area (Å²) in [5, 5.41) is 3.38. The molecule has 0 bridgehead atoms. The van der Waals surface area contributed by atoms with Crippen molar-refractivity contribution in [3.8, 4) is 0 Å². The molecular formula is C14H25N3O. The molecule has 0 aromatic carbocycles. The van der Waals surface area contributed by atoms with Gasteiger partial charge in [-0.15, -0.1) is 0 Å². The van der Waals surface area contributed by atoms with Gasteiger partial charge in [0.15, 0.2) is 0 Å². The Bertz CT molecular complexity index is 308. The molecule has 4 nitrogen and oxygen atoms in total. The topological polar surface area (TPSA) is 35.6 Å². The van der Waals surface area contributed by atoms with Crippen molar-refractivity contribution in [3.05, 3.63) is 0 Å². The Morgan fingerprint density at radius 3 is 2.50 bits per heavy atom. The maximum absolute atomic E-state index is 12.4. The molecule has 3 aliphatic rings. The van der Waals surface area contributed by atoms with Crippen molar-refractivity contribution in [1.29, 1.82) is 0 Å². The van der Waals surface area contributed by atoms with Crippen LogP contribution in [-0.2, 0) is 4.79 Å². The van der Waals surface area contributed by atoms with Crippen LogP contribution in [0.4, 0.5) is 0 Å². The van der Waals surface area contributed by atoms with Crippen LogP contribution in [0.15, 0.2) is 0 Å². The summed E-state index contributed by atoms with van der Waals surface area (Å²) in [6.07, 6.45) is 3.60. The fourth-order valence-corrected chi connectivity index (χ4v) is 3.66. The van der Waals surface area contributed by atoms with Gasteiger partial charge in [-0.2, -0.15) is 0 Å². The van der Waals surface area contributed by atoms with Crippen molar-refractivity contribution < 1.29 is 4.79 Å². The highest BCUT2D eigenvalue weighted by Gasteiger charge is 2.40. The van der Waals surface area contributed by atoms with Gasteiger partial charge in [-0.1, -0.05) is 13.3 Å². The first-order valence-electron chi connectivity index (χ1n) is 7.49. The van der Waals surface area contributed by atoms with E-state index in [-0.39, 0.29) is 0 Å². The molecule has 4 heteroatoms. The molecule has 1 saturated carbocycles. The monoisotopic (exact) mass is 251 g/mol. The Morgan fingerprint density at radius 1 is 1.17 bits per heavy atom. The maximum atomic E-state index is 12.4. The van der Waals surface area contributed by atoms with Crippen molar-refractivity contribution in [1.82, 2.24) is 15.1 Å². The van der Waals surface area contributed by atoms with Crippen LogP contribution in [0.25, 0.3) is 0 Å². The molecule has 0 aromatic heterocycles. The van der Waals surface area contributed by atoms with E-state index in [0.717, 1.165) is 45.7 Å². The van der Waals surface area contributed by atoms with E-state index in [2.05, 4.69) is 22.0 Å². The van der Waals surface area contributed by atoms with Crippen molar-refractivity contribution in [3.63, 3.8) is 0 Å². The molecule has 0 aromatic rings. The molecule has 3 fully saturated rings. The Labute approximate surface area is 110 Å². The van der Waals surface area contributed by atoms with Crippen molar-refractivity contribution in [2.24, 2.45) is 11.8 Å². The maximum Gasteiger partial charge on any atom is 0.226 e. The van der Waals surface area contributed by atoms with Crippen LogP contribution in [0.3, 0.4) is 0 Å². The number of piperazine rings is 1. The van der Waals surface area contributed by atoms with Crippen molar-refractivity contribution in [2.75, 3.05) is 39.3 Å². The quantitative estimate of drug-likeness (QED) is 0.778. The second-order valence-corrected chi connectivity index (χ2v) is 6.20. The van der Waals surface area contributed by atoms with Crippen LogP contribution in [0, 0.1) is 11.8 Å². The molecule has 3 rings (SSSR count). The van der Waals surface area contributed by atoms with Crippen LogP contribution in [0.5, 0.6) is 0 Å². The molecule has 2 heterocycles. The predicted molar refractivity (Wildman–Crippen MR) is 71.3 cm³/mol. The molecule has 18 heavy (non-hydrogen) atoms. The Hall–Kier alpha value is -0.610. The number of rotatable bonds is 2. The lowest BCUT2D eigenvalue weighted by Crippen LogP contribution is -2.64. The number of carbonyl (C=O) groups is 1. The van der Waals surface area contributed by atoms with E-state index in [1.165, 1.54) is 12.8 Å². The van der Waals surface area contributed by atoms with E-state index in [1.807, 2.05) is 0 Å². The standard InChI is InChI=1S/C14H25N3O/c1-11-3-2-4-13(11)14(18)17-9-12(10-17)16-7-5-15-6-8-16/h11-13,15H,2-10H2,1H3. The first-order chi connectivity index (χ1) is 8.75. The molecule has 2 atom stereocenters. The van der Waals surface area contributed by atoms with Gasteiger partial charge < -0.3 is 10.2 Å². The van der Waals surface area contributed by atoms with Gasteiger partial charge in [-0.25, -0.2) is 0 Å². The van der Waals surface area contributed by atoms with Crippen molar-refractivity contribution in [2.45, 2.75) is 32.2 Å². The highest BCUT2D eigenvalue weighted by atomic mass is 16.2. The minimum Gasteiger partial charge on any atom is -0.339 e. The number of carbonyl (C=O) groups excluding carboxylic acids is 1. The van der Waals surface area contributed by atoms with Crippen LogP contribution in [0.2, 0.25) is 0 Å². The third-order valence-corrected chi connectivity index (χ3v) is 5.02. The first kappa shape index (κ1) is 12.4. The van der Waals surface area contributed by atoms with Crippen molar-refractivity contribution >= 4 is 5.91 Å². The molecule has 1 N–H and O–H groups in total. The molecule has 2 aliphatic heterocycles. The average molecular weight is 251 g/mol. The normalized spacial score (nSPS) is 34.6. The summed E-state index contributed by atoms with van der Waals surface area (Å²) in [7, 11) is 0. The van der Waals surface area contributed by atoms with Crippen LogP contribution < -0.4 is 5.32 Å². The zero-order chi connectivity index (χ0) is 12.5. The van der Waals surface area contributed by atoms with Gasteiger partial charge in [0.25, 0.3) is 0 Å². The number of amides is 1. The third-order valence-electron chi connectivity index (χ3n) is 5.02. The van der Waals surface area contributed by atoms with Gasteiger partial charge in [0.2, 0.25) is 5.91 Å². The Balaban J connectivity index is 1.47. The second kappa shape index (κ2) is 5.17. The van der Waals surface area contributed by atoms with E-state index in [1.54, 1.807) is 0 Å². The smallest absolute Gasteiger partial charge is 0.226 e. The van der Waals surface area contributed by atoms with E-state index < -0.39 is 0 Å². The molecule has 1 amide bonds. The molecule has 2 unspecified atom stereocenters. The van der Waals surface area contributed by atoms with Crippen LogP contribution in [0.1, 0.15) is 26.2 Å². The van der Waals surface area contributed by atoms with Gasteiger partial charge in [0, 0.05) is 51.2 Å². The SMILES string of the molecule is CC1CCCC1C(=O)N1CC(N2CCNCC2)C1. The van der Waals surface area contributed by atoms with Crippen LogP contribution in [-0.4, -0.2) is 61.0 Å². The van der Waals surface area contributed by atoms with E-state index in [9.17, 15) is 4.79 Å². The van der Waals surface area contributed by atoms with Gasteiger partial charge in [0.1, 0.15) is 0 Å². The van der Waals surface area contributed by atoms with Gasteiger partial charge in [-0.05, 0) is 18.8 Å². The Morgan fingerprint density at radius 2 is 1.89 bits per heavy atom. The minimum atomic E-state index is 0.328. The molecule has 1 aliphatic carbocycles. The highest BCUT2D eigenvalue weighted by Crippen LogP contribution is 2.34. The summed E-state index contributed by atoms with van der Waals surface area (Å²) in [5.74, 6) is 1.37. The summed E-state index contributed by atoms with van der Waals surface area (Å²) in [4.78, 5) is 17.0. The molecule has 0 spiro atoms. The van der Waals surface area contributed by atoms with Gasteiger partial charge in [-0.3, -0.25) is 9.69 Å². The molecule has 102 valence electrons. The van der Waals surface area contributed by atoms with E-state index in [4.69, 9.17) is 0 Å². The zero-order valence-corrected chi connectivity index (χ0v) is 11.4. The van der Waals surface area contributed by atoms with Crippen LogP contribution >= 0.6 is 0 Å². The largest absolute Gasteiger partial charge is 0.339 e. The molecular weight excluding hydrogens is 226 g/mol. The zero-order valence-electron chi connectivity index (χ0n) is 11.4. The lowest BCUT2D eigenvalue weighted by molar-refractivity contribution is -0.144. The number of hydrogen-bond donors (Lipinski definition) is 1. The average Bonchev–Trinajstić information content (AvgIpc) is 2.75. The summed E-state index contributed by atoms with van der Waals surface area (Å²) in [6, 6.07) is 0.632. The Kier molecular flexibility index (Phi) is 3.57. The van der Waals surface area contributed by atoms with Gasteiger partial charge in [0.05, 0.1) is 0 Å². The van der Waals surface area contributed by atoms with Gasteiger partial charge >= 0.3 is 0 Å². The molecule has 2 saturated heterocycles. The summed E-state index contributed by atoms with van der Waals surface area (Å²) < 4.78 is 0. The fraction of sp³-hybridized carbons (Fsp3) is 0.929. The summed E-state index contributed by atoms with van der Waals surface area (Å²) in [5.41, 5.74) is 0. The minimum absolute atomic E-state index is 0.328. The lowest BCUT2D eigenvalue weighted by Gasteiger charge is -2.47. The predicted octanol–water partition coefficient (Wildman–Crippen LogP) is 0.539. The number of hydrogen-bond acceptors (Lipinski definition) is 3. The first-order valence-corrected chi connectivity index (χ1v) is 7.49. The number of nitrogens with one attached hydrogen (secondary N) is 1. The number of nitrogens with zero attached hydrogens (tertiary/aromatic N) is 2. The van der Waals surface area contributed by atoms with E-state index >= 15 is 0 Å². The summed E-state index contributed by atoms with van der Waals surface area (Å²) >= 11 is 0. The molecule has 0 radical (unpaired) electrons. The fourth-order valence-electron chi connectivity index (χ4n) is 3.66. The summed E-state index contributed by atoms with van der Waals surface area (Å²) in [6.45, 7) is 8.68. The second-order valence-electron chi connectivity index (χ2n) is 6.20.